The summed E-state index contributed by atoms with van der Waals surface area (Å²) in [7, 11) is 0.990. The number of aryl methyl sites for hydroxylation is 1. The minimum atomic E-state index is 0.291. The zero-order chi connectivity index (χ0) is 14.7. The van der Waals surface area contributed by atoms with Gasteiger partial charge in [-0.1, -0.05) is 61.4 Å². The molecule has 1 fully saturated rings. The third-order valence-electron chi connectivity index (χ3n) is 4.20. The van der Waals surface area contributed by atoms with E-state index in [4.69, 9.17) is 0 Å². The Kier molecular flexibility index (Phi) is 4.53. The fourth-order valence-corrected chi connectivity index (χ4v) is 4.45. The zero-order valence-corrected chi connectivity index (χ0v) is 13.3. The largest absolute Gasteiger partial charge is 0.823 e. The molecule has 0 N–H and O–H groups in total. The van der Waals surface area contributed by atoms with Gasteiger partial charge < -0.3 is 5.11 Å². The van der Waals surface area contributed by atoms with Gasteiger partial charge in [0.05, 0.1) is 0 Å². The Hall–Kier alpha value is -1.43. The first-order valence-corrected chi connectivity index (χ1v) is 8.62. The van der Waals surface area contributed by atoms with Crippen molar-refractivity contribution in [2.24, 2.45) is 0 Å². The molecule has 0 bridgehead atoms. The second-order valence-corrected chi connectivity index (χ2v) is 7.13. The molecule has 21 heavy (non-hydrogen) atoms. The molecule has 0 aliphatic heterocycles. The van der Waals surface area contributed by atoms with Crippen molar-refractivity contribution in [1.82, 2.24) is 0 Å². The minimum absolute atomic E-state index is 0.291. The lowest BCUT2D eigenvalue weighted by molar-refractivity contribution is -0.207. The van der Waals surface area contributed by atoms with Gasteiger partial charge in [0.15, 0.2) is 0 Å². The van der Waals surface area contributed by atoms with E-state index in [0.717, 1.165) is 30.5 Å². The lowest BCUT2D eigenvalue weighted by atomic mass is 9.96. The first-order valence-electron chi connectivity index (χ1n) is 7.66. The van der Waals surface area contributed by atoms with E-state index in [9.17, 15) is 5.11 Å². The quantitative estimate of drug-likeness (QED) is 0.770. The second kappa shape index (κ2) is 6.56. The van der Waals surface area contributed by atoms with Gasteiger partial charge in [0, 0.05) is 0 Å². The van der Waals surface area contributed by atoms with E-state index in [0.29, 0.717) is 11.1 Å². The van der Waals surface area contributed by atoms with Gasteiger partial charge in [-0.3, -0.25) is 0 Å². The van der Waals surface area contributed by atoms with E-state index in [-0.39, 0.29) is 0 Å². The van der Waals surface area contributed by atoms with E-state index in [1.54, 1.807) is 0 Å². The van der Waals surface area contributed by atoms with Crippen LogP contribution in [-0.4, -0.2) is 11.1 Å². The molecule has 108 valence electrons. The molecule has 0 amide bonds. The van der Waals surface area contributed by atoms with Crippen molar-refractivity contribution in [3.8, 4) is 11.1 Å². The Balaban J connectivity index is 2.05. The number of hydrogen-bond acceptors (Lipinski definition) is 1. The van der Waals surface area contributed by atoms with Gasteiger partial charge >= 0.3 is 0 Å². The van der Waals surface area contributed by atoms with Crippen LogP contribution in [0.3, 0.4) is 0 Å². The van der Waals surface area contributed by atoms with Gasteiger partial charge in [0.2, 0.25) is 0 Å². The van der Waals surface area contributed by atoms with Gasteiger partial charge in [-0.05, 0) is 47.7 Å². The van der Waals surface area contributed by atoms with Crippen molar-refractivity contribution in [1.29, 1.82) is 0 Å². The Morgan fingerprint density at radius 3 is 2.43 bits per heavy atom. The van der Waals surface area contributed by atoms with Crippen molar-refractivity contribution in [2.75, 3.05) is 0 Å². The van der Waals surface area contributed by atoms with Crippen LogP contribution in [0.1, 0.15) is 36.8 Å². The number of rotatable bonds is 3. The first kappa shape index (κ1) is 14.5. The molecular weight excluding hydrogens is 275 g/mol. The van der Waals surface area contributed by atoms with Gasteiger partial charge in [-0.2, -0.15) is 0 Å². The summed E-state index contributed by atoms with van der Waals surface area (Å²) in [5, 5.41) is 12.8. The number of hydrogen-bond donors (Lipinski definition) is 0. The van der Waals surface area contributed by atoms with Crippen molar-refractivity contribution in [3.63, 3.8) is 0 Å². The van der Waals surface area contributed by atoms with Gasteiger partial charge in [-0.15, -0.1) is 13.7 Å². The maximum atomic E-state index is 12.8. The SMILES string of the molecule is Cc1cccc(-c2ccccc2)c1C([O-])=PC1CCCC1. The summed E-state index contributed by atoms with van der Waals surface area (Å²) in [6, 6.07) is 16.4. The molecule has 0 unspecified atom stereocenters. The lowest BCUT2D eigenvalue weighted by Crippen LogP contribution is -2.20. The van der Waals surface area contributed by atoms with Gasteiger partial charge in [0.1, 0.15) is 0 Å². The van der Waals surface area contributed by atoms with Crippen molar-refractivity contribution < 1.29 is 5.11 Å². The highest BCUT2D eigenvalue weighted by atomic mass is 31.1. The summed E-state index contributed by atoms with van der Waals surface area (Å²) in [6.45, 7) is 2.05. The fourth-order valence-electron chi connectivity index (χ4n) is 3.07. The average Bonchev–Trinajstić information content (AvgIpc) is 3.00. The van der Waals surface area contributed by atoms with Crippen molar-refractivity contribution in [2.45, 2.75) is 38.3 Å². The van der Waals surface area contributed by atoms with Crippen LogP contribution < -0.4 is 5.11 Å². The highest BCUT2D eigenvalue weighted by Crippen LogP contribution is 2.32. The molecule has 1 aliphatic rings. The highest BCUT2D eigenvalue weighted by Gasteiger charge is 2.14. The molecule has 1 nitrogen and oxygen atoms in total. The molecule has 0 aromatic heterocycles. The van der Waals surface area contributed by atoms with Crippen LogP contribution >= 0.6 is 8.20 Å². The third kappa shape index (κ3) is 3.26. The minimum Gasteiger partial charge on any atom is -0.823 e. The Labute approximate surface area is 128 Å². The van der Waals surface area contributed by atoms with Crippen LogP contribution in [-0.2, 0) is 0 Å². The summed E-state index contributed by atoms with van der Waals surface area (Å²) in [4.78, 5) is 0. The van der Waals surface area contributed by atoms with Crippen LogP contribution in [0.5, 0.6) is 0 Å². The molecular formula is C19H20OP-. The van der Waals surface area contributed by atoms with E-state index < -0.39 is 0 Å². The predicted molar refractivity (Wildman–Crippen MR) is 89.9 cm³/mol. The molecule has 2 heteroatoms. The summed E-state index contributed by atoms with van der Waals surface area (Å²) in [5.74, 6) is 0. The molecule has 0 spiro atoms. The fraction of sp³-hybridized carbons (Fsp3) is 0.316. The smallest absolute Gasteiger partial charge is 0.0000721 e. The summed E-state index contributed by atoms with van der Waals surface area (Å²) in [5.41, 5.74) is 5.07. The molecule has 0 heterocycles. The van der Waals surface area contributed by atoms with Crippen LogP contribution in [0.2, 0.25) is 0 Å². The maximum Gasteiger partial charge on any atom is -0.0000721 e. The highest BCUT2D eigenvalue weighted by molar-refractivity contribution is 7.41. The van der Waals surface area contributed by atoms with Crippen molar-refractivity contribution >= 4 is 13.7 Å². The average molecular weight is 295 g/mol. The Morgan fingerprint density at radius 2 is 1.71 bits per heavy atom. The van der Waals surface area contributed by atoms with Crippen LogP contribution in [0, 0.1) is 6.92 Å². The van der Waals surface area contributed by atoms with Gasteiger partial charge in [0.25, 0.3) is 0 Å². The molecule has 0 atom stereocenters. The maximum absolute atomic E-state index is 12.8. The summed E-state index contributed by atoms with van der Waals surface area (Å²) < 4.78 is 0. The number of benzene rings is 2. The molecule has 1 aliphatic carbocycles. The standard InChI is InChI=1S/C19H21OP/c1-14-8-7-13-17(15-9-3-2-4-10-15)18(14)19(20)21-16-11-5-6-12-16/h2-4,7-10,13,16,20H,5-6,11-12H2,1H3/p-1. The van der Waals surface area contributed by atoms with Crippen LogP contribution in [0.25, 0.3) is 11.1 Å². The second-order valence-electron chi connectivity index (χ2n) is 5.74. The molecule has 2 aromatic rings. The first-order chi connectivity index (χ1) is 10.3. The van der Waals surface area contributed by atoms with E-state index in [1.165, 1.54) is 25.7 Å². The molecule has 1 saturated carbocycles. The predicted octanol–water partition coefficient (Wildman–Crippen LogP) is 4.39. The molecule has 0 radical (unpaired) electrons. The Morgan fingerprint density at radius 1 is 1.00 bits per heavy atom. The molecule has 2 aromatic carbocycles. The molecule has 0 saturated heterocycles. The molecule has 3 rings (SSSR count). The zero-order valence-electron chi connectivity index (χ0n) is 12.4. The summed E-state index contributed by atoms with van der Waals surface area (Å²) in [6.07, 6.45) is 4.98. The van der Waals surface area contributed by atoms with Crippen molar-refractivity contribution in [3.05, 3.63) is 59.7 Å². The van der Waals surface area contributed by atoms with Gasteiger partial charge in [-0.25, -0.2) is 0 Å². The summed E-state index contributed by atoms with van der Waals surface area (Å²) >= 11 is 0. The third-order valence-corrected chi connectivity index (χ3v) is 5.54. The monoisotopic (exact) mass is 295 g/mol. The van der Waals surface area contributed by atoms with Crippen LogP contribution in [0.4, 0.5) is 0 Å². The lowest BCUT2D eigenvalue weighted by Gasteiger charge is -2.21. The Bertz CT molecular complexity index is 640. The normalized spacial score (nSPS) is 16.4. The van der Waals surface area contributed by atoms with Crippen LogP contribution in [0.15, 0.2) is 48.5 Å². The van der Waals surface area contributed by atoms with E-state index in [2.05, 4.69) is 18.2 Å². The van der Waals surface area contributed by atoms with E-state index in [1.807, 2.05) is 37.3 Å². The topological polar surface area (TPSA) is 23.1 Å². The van der Waals surface area contributed by atoms with E-state index >= 15 is 0 Å².